The van der Waals surface area contributed by atoms with E-state index >= 15 is 0 Å². The molecule has 0 bridgehead atoms. The molecule has 4 aromatic rings. The van der Waals surface area contributed by atoms with Gasteiger partial charge in [-0.1, -0.05) is 67.3 Å². The van der Waals surface area contributed by atoms with Gasteiger partial charge in [-0.05, 0) is 17.2 Å². The van der Waals surface area contributed by atoms with Crippen molar-refractivity contribution in [2.24, 2.45) is 0 Å². The third kappa shape index (κ3) is 5.96. The Balaban J connectivity index is 0.000000448. The number of nitrogens with zero attached hydrogens (tertiary/aromatic N) is 2. The predicted molar refractivity (Wildman–Crippen MR) is 111 cm³/mol. The monoisotopic (exact) mass is 405 g/mol. The largest absolute Gasteiger partial charge is 0.480 e. The highest BCUT2D eigenvalue weighted by Crippen LogP contribution is 2.19. The number of carboxylic acids is 1. The summed E-state index contributed by atoms with van der Waals surface area (Å²) in [6.45, 7) is 0.0894. The lowest BCUT2D eigenvalue weighted by atomic mass is 10.1. The number of ether oxygens (including phenoxy) is 1. The molecule has 0 spiro atoms. The zero-order valence-electron chi connectivity index (χ0n) is 16.1. The standard InChI is InChI=1S/C19H18N2O4.C3H3N2/c22-18(23)17(10-14-11-20-16-9-5-4-8-15(14)16)21-19(24)25-12-13-6-2-1-3-7-13;1-2-5-3-4-1/h1-9,11,17,20H,10,12H2,(H,21,24)(H,22,23);1-3H/q;-1/t17-;/m1./s1. The van der Waals surface area contributed by atoms with E-state index in [1.807, 2.05) is 54.6 Å². The summed E-state index contributed by atoms with van der Waals surface area (Å²) in [6, 6.07) is 15.7. The van der Waals surface area contributed by atoms with Crippen molar-refractivity contribution < 1.29 is 19.4 Å². The van der Waals surface area contributed by atoms with Crippen molar-refractivity contribution in [2.75, 3.05) is 0 Å². The number of para-hydroxylation sites is 1. The Bertz CT molecular complexity index is 1040. The maximum absolute atomic E-state index is 11.9. The van der Waals surface area contributed by atoms with Crippen molar-refractivity contribution >= 4 is 23.0 Å². The number of hydrogen-bond donors (Lipinski definition) is 3. The number of benzene rings is 2. The molecule has 0 aliphatic heterocycles. The van der Waals surface area contributed by atoms with Crippen LogP contribution in [-0.2, 0) is 22.6 Å². The first-order chi connectivity index (χ1) is 14.6. The smallest absolute Gasteiger partial charge is 0.408 e. The van der Waals surface area contributed by atoms with Gasteiger partial charge in [0, 0.05) is 23.5 Å². The molecule has 8 nitrogen and oxygen atoms in total. The second-order valence-electron chi connectivity index (χ2n) is 6.37. The lowest BCUT2D eigenvalue weighted by Gasteiger charge is -2.14. The van der Waals surface area contributed by atoms with Gasteiger partial charge in [0.25, 0.3) is 0 Å². The Labute approximate surface area is 172 Å². The lowest BCUT2D eigenvalue weighted by Crippen LogP contribution is -2.42. The molecular formula is C22H21N4O4-. The van der Waals surface area contributed by atoms with E-state index in [-0.39, 0.29) is 13.0 Å². The van der Waals surface area contributed by atoms with Crippen LogP contribution in [0.15, 0.2) is 79.5 Å². The molecule has 4 rings (SSSR count). The second kappa shape index (κ2) is 10.5. The first-order valence-electron chi connectivity index (χ1n) is 9.25. The number of carbonyl (C=O) groups excluding carboxylic acids is 1. The normalized spacial score (nSPS) is 11.2. The molecule has 0 radical (unpaired) electrons. The van der Waals surface area contributed by atoms with Crippen molar-refractivity contribution in [2.45, 2.75) is 19.1 Å². The van der Waals surface area contributed by atoms with Gasteiger partial charge >= 0.3 is 12.1 Å². The average Bonchev–Trinajstić information content (AvgIpc) is 3.46. The van der Waals surface area contributed by atoms with Crippen LogP contribution in [0.3, 0.4) is 0 Å². The molecule has 0 saturated heterocycles. The molecule has 0 unspecified atom stereocenters. The van der Waals surface area contributed by atoms with Gasteiger partial charge in [-0.3, -0.25) is 0 Å². The van der Waals surface area contributed by atoms with Crippen LogP contribution in [0.1, 0.15) is 11.1 Å². The molecule has 2 aromatic heterocycles. The zero-order valence-corrected chi connectivity index (χ0v) is 16.1. The highest BCUT2D eigenvalue weighted by atomic mass is 16.5. The van der Waals surface area contributed by atoms with Gasteiger partial charge in [-0.2, -0.15) is 0 Å². The van der Waals surface area contributed by atoms with E-state index in [0.717, 1.165) is 22.0 Å². The van der Waals surface area contributed by atoms with Gasteiger partial charge < -0.3 is 30.1 Å². The van der Waals surface area contributed by atoms with Crippen LogP contribution in [0.2, 0.25) is 0 Å². The van der Waals surface area contributed by atoms with E-state index in [4.69, 9.17) is 4.74 Å². The van der Waals surface area contributed by atoms with Crippen LogP contribution in [0, 0.1) is 0 Å². The summed E-state index contributed by atoms with van der Waals surface area (Å²) in [5.41, 5.74) is 2.58. The summed E-state index contributed by atoms with van der Waals surface area (Å²) in [5.74, 6) is -1.11. The summed E-state index contributed by atoms with van der Waals surface area (Å²) in [6.07, 6.45) is 5.95. The van der Waals surface area contributed by atoms with E-state index < -0.39 is 18.1 Å². The predicted octanol–water partition coefficient (Wildman–Crippen LogP) is 3.13. The van der Waals surface area contributed by atoms with Crippen molar-refractivity contribution in [1.29, 1.82) is 0 Å². The summed E-state index contributed by atoms with van der Waals surface area (Å²) < 4.78 is 5.09. The van der Waals surface area contributed by atoms with Crippen LogP contribution < -0.4 is 10.3 Å². The molecule has 0 fully saturated rings. The van der Waals surface area contributed by atoms with Gasteiger partial charge in [-0.25, -0.2) is 9.59 Å². The van der Waals surface area contributed by atoms with Crippen LogP contribution in [0.25, 0.3) is 10.9 Å². The molecule has 1 amide bonds. The van der Waals surface area contributed by atoms with Crippen molar-refractivity contribution in [3.05, 3.63) is 90.6 Å². The Kier molecular flexibility index (Phi) is 7.21. The third-order valence-corrected chi connectivity index (χ3v) is 4.27. The fourth-order valence-electron chi connectivity index (χ4n) is 2.82. The topological polar surface area (TPSA) is 118 Å². The van der Waals surface area contributed by atoms with E-state index in [2.05, 4.69) is 20.3 Å². The number of aromatic amines is 1. The number of aliphatic carboxylic acids is 1. The molecule has 1 atom stereocenters. The lowest BCUT2D eigenvalue weighted by molar-refractivity contribution is -0.139. The number of carboxylic acid groups (broad SMARTS) is 1. The molecule has 154 valence electrons. The molecule has 0 aliphatic carbocycles. The Morgan fingerprint density at radius 1 is 1.13 bits per heavy atom. The first kappa shape index (κ1) is 20.7. The Morgan fingerprint density at radius 2 is 1.90 bits per heavy atom. The van der Waals surface area contributed by atoms with E-state index in [1.165, 1.54) is 6.33 Å². The quantitative estimate of drug-likeness (QED) is 0.454. The molecule has 8 heteroatoms. The number of nitrogens with one attached hydrogen (secondary N) is 2. The molecule has 2 aromatic carbocycles. The van der Waals surface area contributed by atoms with E-state index in [1.54, 1.807) is 18.6 Å². The third-order valence-electron chi connectivity index (χ3n) is 4.27. The number of aromatic nitrogens is 3. The number of alkyl carbamates (subject to hydrolysis) is 1. The SMILES string of the molecule is O=C(N[C@H](Cc1c[nH]c2ccccc12)C(=O)O)OCc1ccccc1.c1c[n-]cn1. The number of fused-ring (bicyclic) bond motifs is 1. The summed E-state index contributed by atoms with van der Waals surface area (Å²) in [4.78, 5) is 33.7. The second-order valence-corrected chi connectivity index (χ2v) is 6.37. The molecule has 30 heavy (non-hydrogen) atoms. The first-order valence-corrected chi connectivity index (χ1v) is 9.25. The van der Waals surface area contributed by atoms with Crippen LogP contribution in [-0.4, -0.2) is 33.2 Å². The van der Waals surface area contributed by atoms with Crippen LogP contribution in [0.5, 0.6) is 0 Å². The fraction of sp³-hybridized carbons (Fsp3) is 0.136. The summed E-state index contributed by atoms with van der Waals surface area (Å²) >= 11 is 0. The molecule has 0 saturated carbocycles. The number of H-pyrrole nitrogens is 1. The number of carbonyl (C=O) groups is 2. The van der Waals surface area contributed by atoms with Crippen molar-refractivity contribution in [1.82, 2.24) is 20.3 Å². The minimum atomic E-state index is -1.11. The molecule has 3 N–H and O–H groups in total. The molecule has 0 aliphatic rings. The highest BCUT2D eigenvalue weighted by molar-refractivity contribution is 5.85. The number of rotatable bonds is 6. The number of hydrogen-bond acceptors (Lipinski definition) is 4. The molecular weight excluding hydrogens is 384 g/mol. The van der Waals surface area contributed by atoms with Gasteiger partial charge in [0.2, 0.25) is 0 Å². The minimum absolute atomic E-state index is 0.0894. The Morgan fingerprint density at radius 3 is 2.57 bits per heavy atom. The van der Waals surface area contributed by atoms with Gasteiger partial charge in [0.05, 0.1) is 0 Å². The van der Waals surface area contributed by atoms with Gasteiger partial charge in [0.1, 0.15) is 12.6 Å². The maximum Gasteiger partial charge on any atom is 0.408 e. The molecule has 2 heterocycles. The Hall–Kier alpha value is -4.07. The summed E-state index contributed by atoms with van der Waals surface area (Å²) in [5, 5.41) is 12.8. The number of amides is 1. The zero-order chi connectivity index (χ0) is 21.2. The maximum atomic E-state index is 11.9. The van der Waals surface area contributed by atoms with Gasteiger partial charge in [-0.15, -0.1) is 0 Å². The minimum Gasteiger partial charge on any atom is -0.480 e. The fourth-order valence-corrected chi connectivity index (χ4v) is 2.82. The summed E-state index contributed by atoms with van der Waals surface area (Å²) in [7, 11) is 0. The van der Waals surface area contributed by atoms with Crippen LogP contribution >= 0.6 is 0 Å². The highest BCUT2D eigenvalue weighted by Gasteiger charge is 2.22. The number of imidazole rings is 1. The van der Waals surface area contributed by atoms with Crippen molar-refractivity contribution in [3.8, 4) is 0 Å². The van der Waals surface area contributed by atoms with Gasteiger partial charge in [0.15, 0.2) is 0 Å². The van der Waals surface area contributed by atoms with E-state index in [0.29, 0.717) is 0 Å². The van der Waals surface area contributed by atoms with Crippen molar-refractivity contribution in [3.63, 3.8) is 0 Å². The van der Waals surface area contributed by atoms with Crippen LogP contribution in [0.4, 0.5) is 4.79 Å². The van der Waals surface area contributed by atoms with E-state index in [9.17, 15) is 14.7 Å². The average molecular weight is 405 g/mol.